The zero-order chi connectivity index (χ0) is 18.7. The van der Waals surface area contributed by atoms with Gasteiger partial charge in [-0.2, -0.15) is 0 Å². The first-order chi connectivity index (χ1) is 12.5. The monoisotopic (exact) mass is 356 g/mol. The summed E-state index contributed by atoms with van der Waals surface area (Å²) < 4.78 is 12.8. The lowest BCUT2D eigenvalue weighted by molar-refractivity contribution is 0.101. The molecule has 1 aliphatic heterocycles. The number of rotatable bonds is 6. The molecule has 0 saturated carbocycles. The van der Waals surface area contributed by atoms with E-state index < -0.39 is 0 Å². The number of hydrogen-bond acceptors (Lipinski definition) is 6. The Balaban J connectivity index is 1.93. The number of hydrogen-bond donors (Lipinski definition) is 0. The van der Waals surface area contributed by atoms with Crippen LogP contribution in [-0.2, 0) is 7.05 Å². The van der Waals surface area contributed by atoms with Gasteiger partial charge in [-0.15, -0.1) is 10.2 Å². The van der Waals surface area contributed by atoms with Gasteiger partial charge in [0.05, 0.1) is 25.6 Å². The highest BCUT2D eigenvalue weighted by molar-refractivity contribution is 5.93. The van der Waals surface area contributed by atoms with E-state index in [9.17, 15) is 4.79 Å². The van der Waals surface area contributed by atoms with Crippen LogP contribution in [0.2, 0.25) is 0 Å². The summed E-state index contributed by atoms with van der Waals surface area (Å²) in [5, 5.41) is 8.57. The first-order valence-corrected chi connectivity index (χ1v) is 8.63. The number of ether oxygens (including phenoxy) is 2. The molecule has 0 atom stereocenters. The highest BCUT2D eigenvalue weighted by atomic mass is 16.5. The smallest absolute Gasteiger partial charge is 0.176 e. The molecule has 0 amide bonds. The number of Topliss-reactive ketones (excluding diaryl/α,β-unsaturated/α-hetero) is 1. The number of benzene rings is 1. The third kappa shape index (κ3) is 3.56. The molecule has 2 heterocycles. The highest BCUT2D eigenvalue weighted by Gasteiger charge is 2.19. The number of aromatic nitrogens is 1. The Morgan fingerprint density at radius 3 is 2.31 bits per heavy atom. The molecule has 7 nitrogen and oxygen atoms in total. The van der Waals surface area contributed by atoms with E-state index in [1.807, 2.05) is 19.2 Å². The quantitative estimate of drug-likeness (QED) is 0.573. The largest absolute Gasteiger partial charge is 0.494 e. The SMILES string of the molecule is COc1cc(N2CCCC2)c(OC)cc1/N=N/c1cc(C(C)=O)n(C)c1. The van der Waals surface area contributed by atoms with Crippen molar-refractivity contribution in [3.8, 4) is 11.5 Å². The van der Waals surface area contributed by atoms with Crippen LogP contribution in [0, 0.1) is 0 Å². The summed E-state index contributed by atoms with van der Waals surface area (Å²) in [5.41, 5.74) is 2.80. The standard InChI is InChI=1S/C19H24N4O3/c1-13(24)16-9-14(12-22(16)2)20-21-15-10-19(26-4)17(11-18(15)25-3)23-7-5-6-8-23/h9-12H,5-8H2,1-4H3/b21-20+. The van der Waals surface area contributed by atoms with Crippen LogP contribution >= 0.6 is 0 Å². The average Bonchev–Trinajstić information content (AvgIpc) is 3.28. The zero-order valence-electron chi connectivity index (χ0n) is 15.7. The highest BCUT2D eigenvalue weighted by Crippen LogP contribution is 2.41. The second-order valence-electron chi connectivity index (χ2n) is 6.34. The third-order valence-corrected chi connectivity index (χ3v) is 4.55. The van der Waals surface area contributed by atoms with E-state index in [-0.39, 0.29) is 5.78 Å². The van der Waals surface area contributed by atoms with Crippen LogP contribution in [0.5, 0.6) is 11.5 Å². The van der Waals surface area contributed by atoms with Gasteiger partial charge in [-0.05, 0) is 18.9 Å². The van der Waals surface area contributed by atoms with Gasteiger partial charge in [0.1, 0.15) is 22.9 Å². The van der Waals surface area contributed by atoms with Crippen molar-refractivity contribution in [1.29, 1.82) is 0 Å². The Kier molecular flexibility index (Phi) is 5.25. The molecule has 0 N–H and O–H groups in total. The van der Waals surface area contributed by atoms with Gasteiger partial charge in [0.25, 0.3) is 0 Å². The predicted molar refractivity (Wildman–Crippen MR) is 101 cm³/mol. The molecule has 0 unspecified atom stereocenters. The van der Waals surface area contributed by atoms with E-state index in [4.69, 9.17) is 9.47 Å². The second kappa shape index (κ2) is 7.59. The van der Waals surface area contributed by atoms with Gasteiger partial charge < -0.3 is 18.9 Å². The van der Waals surface area contributed by atoms with Crippen LogP contribution in [0.3, 0.4) is 0 Å². The lowest BCUT2D eigenvalue weighted by Crippen LogP contribution is -2.18. The van der Waals surface area contributed by atoms with Crippen LogP contribution in [0.15, 0.2) is 34.6 Å². The molecule has 0 radical (unpaired) electrons. The van der Waals surface area contributed by atoms with Crippen LogP contribution in [0.1, 0.15) is 30.3 Å². The van der Waals surface area contributed by atoms with Crippen LogP contribution < -0.4 is 14.4 Å². The van der Waals surface area contributed by atoms with E-state index in [0.29, 0.717) is 22.8 Å². The lowest BCUT2D eigenvalue weighted by Gasteiger charge is -2.21. The van der Waals surface area contributed by atoms with E-state index in [1.165, 1.54) is 19.8 Å². The van der Waals surface area contributed by atoms with Gasteiger partial charge in [-0.1, -0.05) is 0 Å². The first-order valence-electron chi connectivity index (χ1n) is 8.63. The molecule has 26 heavy (non-hydrogen) atoms. The van der Waals surface area contributed by atoms with Crippen molar-refractivity contribution in [3.05, 3.63) is 30.1 Å². The summed E-state index contributed by atoms with van der Waals surface area (Å²) in [6.45, 7) is 3.55. The van der Waals surface area contributed by atoms with Crippen molar-refractivity contribution in [2.45, 2.75) is 19.8 Å². The van der Waals surface area contributed by atoms with Gasteiger partial charge >= 0.3 is 0 Å². The summed E-state index contributed by atoms with van der Waals surface area (Å²) in [5.74, 6) is 1.38. The molecule has 1 fully saturated rings. The Hall–Kier alpha value is -2.83. The fourth-order valence-electron chi connectivity index (χ4n) is 3.21. The van der Waals surface area contributed by atoms with Crippen molar-refractivity contribution in [2.75, 3.05) is 32.2 Å². The molecule has 1 aromatic carbocycles. The van der Waals surface area contributed by atoms with E-state index >= 15 is 0 Å². The topological polar surface area (TPSA) is 68.4 Å². The van der Waals surface area contributed by atoms with Gasteiger partial charge in [0.2, 0.25) is 0 Å². The van der Waals surface area contributed by atoms with Gasteiger partial charge in [-0.25, -0.2) is 0 Å². The molecule has 1 saturated heterocycles. The van der Waals surface area contributed by atoms with E-state index in [0.717, 1.165) is 24.5 Å². The maximum Gasteiger partial charge on any atom is 0.176 e. The molecule has 0 bridgehead atoms. The van der Waals surface area contributed by atoms with Crippen molar-refractivity contribution in [1.82, 2.24) is 4.57 Å². The van der Waals surface area contributed by atoms with Crippen molar-refractivity contribution >= 4 is 22.8 Å². The summed E-state index contributed by atoms with van der Waals surface area (Å²) in [6, 6.07) is 5.50. The van der Waals surface area contributed by atoms with Crippen molar-refractivity contribution < 1.29 is 14.3 Å². The van der Waals surface area contributed by atoms with Crippen molar-refractivity contribution in [3.63, 3.8) is 0 Å². The summed E-state index contributed by atoms with van der Waals surface area (Å²) in [4.78, 5) is 13.9. The van der Waals surface area contributed by atoms with Gasteiger partial charge in [0, 0.05) is 45.4 Å². The number of aryl methyl sites for hydroxylation is 1. The van der Waals surface area contributed by atoms with Crippen LogP contribution in [0.25, 0.3) is 0 Å². The Morgan fingerprint density at radius 2 is 1.73 bits per heavy atom. The lowest BCUT2D eigenvalue weighted by atomic mass is 10.2. The van der Waals surface area contributed by atoms with Gasteiger partial charge in [0.15, 0.2) is 5.78 Å². The number of carbonyl (C=O) groups is 1. The number of carbonyl (C=O) groups excluding carboxylic acids is 1. The summed E-state index contributed by atoms with van der Waals surface area (Å²) in [6.07, 6.45) is 4.13. The average molecular weight is 356 g/mol. The number of nitrogens with zero attached hydrogens (tertiary/aromatic N) is 4. The molecule has 0 aliphatic carbocycles. The van der Waals surface area contributed by atoms with E-state index in [1.54, 1.807) is 31.0 Å². The number of methoxy groups -OCH3 is 2. The number of anilines is 1. The Morgan fingerprint density at radius 1 is 1.04 bits per heavy atom. The third-order valence-electron chi connectivity index (χ3n) is 4.55. The number of azo groups is 1. The molecule has 7 heteroatoms. The molecule has 1 aliphatic rings. The first kappa shape index (κ1) is 18.0. The molecular formula is C19H24N4O3. The van der Waals surface area contributed by atoms with Crippen LogP contribution in [0.4, 0.5) is 17.1 Å². The maximum absolute atomic E-state index is 11.6. The maximum atomic E-state index is 11.6. The van der Waals surface area contributed by atoms with Crippen LogP contribution in [-0.4, -0.2) is 37.7 Å². The Labute approximate surface area is 153 Å². The normalized spacial score (nSPS) is 14.2. The van der Waals surface area contributed by atoms with Crippen molar-refractivity contribution in [2.24, 2.45) is 17.3 Å². The molecule has 0 spiro atoms. The fraction of sp³-hybridized carbons (Fsp3) is 0.421. The minimum atomic E-state index is -0.0110. The molecule has 1 aromatic heterocycles. The summed E-state index contributed by atoms with van der Waals surface area (Å²) >= 11 is 0. The second-order valence-corrected chi connectivity index (χ2v) is 6.34. The minimum Gasteiger partial charge on any atom is -0.494 e. The number of ketones is 1. The molecular weight excluding hydrogens is 332 g/mol. The fourth-order valence-corrected chi connectivity index (χ4v) is 3.21. The molecule has 138 valence electrons. The molecule has 2 aromatic rings. The van der Waals surface area contributed by atoms with E-state index in [2.05, 4.69) is 15.1 Å². The predicted octanol–water partition coefficient (Wildman–Crippen LogP) is 4.26. The van der Waals surface area contributed by atoms with Gasteiger partial charge in [-0.3, -0.25) is 4.79 Å². The molecule has 3 rings (SSSR count). The Bertz CT molecular complexity index is 836. The summed E-state index contributed by atoms with van der Waals surface area (Å²) in [7, 11) is 5.08. The minimum absolute atomic E-state index is 0.0110. The zero-order valence-corrected chi connectivity index (χ0v) is 15.7.